The Labute approximate surface area is 213 Å². The molecule has 5 rings (SSSR count). The van der Waals surface area contributed by atoms with E-state index in [1.54, 1.807) is 41.9 Å². The number of fused-ring (bicyclic) bond motifs is 1. The van der Waals surface area contributed by atoms with Crippen molar-refractivity contribution in [2.45, 2.75) is 30.8 Å². The summed E-state index contributed by atoms with van der Waals surface area (Å²) in [5.74, 6) is -0.347. The molecule has 3 heterocycles. The molecule has 2 aromatic heterocycles. The first-order chi connectivity index (χ1) is 17.2. The summed E-state index contributed by atoms with van der Waals surface area (Å²) in [6, 6.07) is 12.7. The second-order valence-electron chi connectivity index (χ2n) is 8.87. The summed E-state index contributed by atoms with van der Waals surface area (Å²) < 4.78 is 43.3. The maximum atomic E-state index is 13.8. The Morgan fingerprint density at radius 2 is 1.94 bits per heavy atom. The fourth-order valence-electron chi connectivity index (χ4n) is 4.62. The van der Waals surface area contributed by atoms with Gasteiger partial charge in [-0.25, -0.2) is 17.8 Å². The highest BCUT2D eigenvalue weighted by molar-refractivity contribution is 7.93. The van der Waals surface area contributed by atoms with E-state index < -0.39 is 16.1 Å². The van der Waals surface area contributed by atoms with Gasteiger partial charge in [0.15, 0.2) is 5.13 Å². The summed E-state index contributed by atoms with van der Waals surface area (Å²) in [6.45, 7) is 5.60. The van der Waals surface area contributed by atoms with E-state index in [1.165, 1.54) is 23.5 Å². The van der Waals surface area contributed by atoms with E-state index >= 15 is 0 Å². The number of halogens is 1. The SMILES string of the molecule is CC1CN(c2ccc(S(=O)(=O)Nc3nccs3)cc2)CCN1C(=O)C(C)n1ccc2ccc(F)cc21. The van der Waals surface area contributed by atoms with Gasteiger partial charge in [0, 0.05) is 49.1 Å². The molecular formula is C25H26FN5O3S2. The van der Waals surface area contributed by atoms with E-state index in [-0.39, 0.29) is 22.7 Å². The first-order valence-electron chi connectivity index (χ1n) is 11.6. The molecule has 0 bridgehead atoms. The van der Waals surface area contributed by atoms with Crippen LogP contribution in [0.3, 0.4) is 0 Å². The van der Waals surface area contributed by atoms with E-state index in [0.29, 0.717) is 30.3 Å². The Morgan fingerprint density at radius 3 is 2.64 bits per heavy atom. The van der Waals surface area contributed by atoms with Crippen molar-refractivity contribution in [1.29, 1.82) is 0 Å². The number of aromatic nitrogens is 2. The normalized spacial score (nSPS) is 17.4. The third-order valence-corrected chi connectivity index (χ3v) is 8.71. The predicted octanol–water partition coefficient (Wildman–Crippen LogP) is 4.34. The zero-order valence-corrected chi connectivity index (χ0v) is 21.5. The molecule has 1 saturated heterocycles. The van der Waals surface area contributed by atoms with Crippen LogP contribution in [0, 0.1) is 5.82 Å². The van der Waals surface area contributed by atoms with Crippen LogP contribution < -0.4 is 9.62 Å². The minimum atomic E-state index is -3.71. The van der Waals surface area contributed by atoms with Gasteiger partial charge in [-0.05, 0) is 67.8 Å². The van der Waals surface area contributed by atoms with Gasteiger partial charge in [-0.2, -0.15) is 0 Å². The van der Waals surface area contributed by atoms with Crippen molar-refractivity contribution in [3.63, 3.8) is 0 Å². The molecule has 1 aliphatic rings. The van der Waals surface area contributed by atoms with Crippen LogP contribution in [0.4, 0.5) is 15.2 Å². The molecule has 2 unspecified atom stereocenters. The number of benzene rings is 2. The lowest BCUT2D eigenvalue weighted by atomic mass is 10.1. The second kappa shape index (κ2) is 9.55. The Bertz CT molecular complexity index is 1490. The van der Waals surface area contributed by atoms with Crippen molar-refractivity contribution in [2.75, 3.05) is 29.3 Å². The standard InChI is InChI=1S/C25H26FN5O3S2/c1-17-16-29(21-5-7-22(8-6-21)36(33,34)28-25-27-10-14-35-25)12-13-30(17)24(32)18(2)31-11-9-19-3-4-20(26)15-23(19)31/h3-11,14-15,17-18H,12-13,16H2,1-2H3,(H,27,28). The Balaban J connectivity index is 1.26. The van der Waals surface area contributed by atoms with Gasteiger partial charge in [-0.3, -0.25) is 9.52 Å². The van der Waals surface area contributed by atoms with E-state index in [1.807, 2.05) is 35.6 Å². The minimum Gasteiger partial charge on any atom is -0.368 e. The van der Waals surface area contributed by atoms with Crippen LogP contribution in [0.1, 0.15) is 19.9 Å². The maximum absolute atomic E-state index is 13.8. The molecule has 0 spiro atoms. The first-order valence-corrected chi connectivity index (χ1v) is 13.9. The summed E-state index contributed by atoms with van der Waals surface area (Å²) >= 11 is 1.22. The van der Waals surface area contributed by atoms with Crippen LogP contribution in [0.5, 0.6) is 0 Å². The number of carbonyl (C=O) groups is 1. The predicted molar refractivity (Wildman–Crippen MR) is 139 cm³/mol. The molecule has 1 aliphatic heterocycles. The van der Waals surface area contributed by atoms with Crippen molar-refractivity contribution in [3.05, 3.63) is 72.1 Å². The molecule has 2 aromatic carbocycles. The molecule has 1 amide bonds. The van der Waals surface area contributed by atoms with Gasteiger partial charge in [0.25, 0.3) is 10.0 Å². The number of amides is 1. The molecule has 1 fully saturated rings. The number of sulfonamides is 1. The highest BCUT2D eigenvalue weighted by Crippen LogP contribution is 2.26. The smallest absolute Gasteiger partial charge is 0.263 e. The van der Waals surface area contributed by atoms with Gasteiger partial charge in [-0.15, -0.1) is 11.3 Å². The second-order valence-corrected chi connectivity index (χ2v) is 11.4. The molecule has 8 nitrogen and oxygen atoms in total. The number of hydrogen-bond acceptors (Lipinski definition) is 6. The van der Waals surface area contributed by atoms with Gasteiger partial charge in [0.2, 0.25) is 5.91 Å². The molecule has 11 heteroatoms. The van der Waals surface area contributed by atoms with Gasteiger partial charge in [0.1, 0.15) is 11.9 Å². The van der Waals surface area contributed by atoms with E-state index in [4.69, 9.17) is 0 Å². The quantitative estimate of drug-likeness (QED) is 0.403. The average molecular weight is 528 g/mol. The van der Waals surface area contributed by atoms with Gasteiger partial charge >= 0.3 is 0 Å². The molecule has 0 radical (unpaired) electrons. The van der Waals surface area contributed by atoms with Crippen LogP contribution in [-0.2, 0) is 14.8 Å². The summed E-state index contributed by atoms with van der Waals surface area (Å²) in [4.78, 5) is 21.5. The fraction of sp³-hybridized carbons (Fsp3) is 0.280. The van der Waals surface area contributed by atoms with Crippen molar-refractivity contribution in [2.24, 2.45) is 0 Å². The highest BCUT2D eigenvalue weighted by Gasteiger charge is 2.31. The van der Waals surface area contributed by atoms with Crippen molar-refractivity contribution >= 4 is 49.0 Å². The van der Waals surface area contributed by atoms with Crippen molar-refractivity contribution in [3.8, 4) is 0 Å². The minimum absolute atomic E-state index is 0.0152. The van der Waals surface area contributed by atoms with Crippen molar-refractivity contribution < 1.29 is 17.6 Å². The molecule has 4 aromatic rings. The van der Waals surface area contributed by atoms with Gasteiger partial charge in [-0.1, -0.05) is 0 Å². The summed E-state index contributed by atoms with van der Waals surface area (Å²) in [5.41, 5.74) is 1.59. The number of thiazole rings is 1. The number of nitrogens with zero attached hydrogens (tertiary/aromatic N) is 4. The molecular weight excluding hydrogens is 501 g/mol. The number of hydrogen-bond donors (Lipinski definition) is 1. The summed E-state index contributed by atoms with van der Waals surface area (Å²) in [5, 5.41) is 2.91. The summed E-state index contributed by atoms with van der Waals surface area (Å²) in [7, 11) is -3.71. The van der Waals surface area contributed by atoms with E-state index in [9.17, 15) is 17.6 Å². The number of anilines is 2. The van der Waals surface area contributed by atoms with E-state index in [0.717, 1.165) is 11.1 Å². The highest BCUT2D eigenvalue weighted by atomic mass is 32.2. The van der Waals surface area contributed by atoms with Gasteiger partial charge in [0.05, 0.1) is 10.4 Å². The number of carbonyl (C=O) groups excluding carboxylic acids is 1. The Hall–Kier alpha value is -3.44. The zero-order valence-electron chi connectivity index (χ0n) is 19.8. The average Bonchev–Trinajstić information content (AvgIpc) is 3.52. The largest absolute Gasteiger partial charge is 0.368 e. The fourth-order valence-corrected chi connectivity index (χ4v) is 6.41. The summed E-state index contributed by atoms with van der Waals surface area (Å²) in [6.07, 6.45) is 3.37. The molecule has 1 N–H and O–H groups in total. The lowest BCUT2D eigenvalue weighted by Crippen LogP contribution is -2.55. The Morgan fingerprint density at radius 1 is 1.17 bits per heavy atom. The number of piperazine rings is 1. The van der Waals surface area contributed by atoms with Crippen LogP contribution in [0.25, 0.3) is 10.9 Å². The first kappa shape index (κ1) is 24.3. The molecule has 2 atom stereocenters. The molecule has 0 saturated carbocycles. The Kier molecular flexibility index (Phi) is 6.44. The topological polar surface area (TPSA) is 87.5 Å². The van der Waals surface area contributed by atoms with Crippen LogP contribution >= 0.6 is 11.3 Å². The molecule has 36 heavy (non-hydrogen) atoms. The third kappa shape index (κ3) is 4.68. The zero-order chi connectivity index (χ0) is 25.4. The van der Waals surface area contributed by atoms with Crippen LogP contribution in [0.2, 0.25) is 0 Å². The van der Waals surface area contributed by atoms with Gasteiger partial charge < -0.3 is 14.4 Å². The number of rotatable bonds is 6. The van der Waals surface area contributed by atoms with Crippen molar-refractivity contribution in [1.82, 2.24) is 14.5 Å². The lowest BCUT2D eigenvalue weighted by molar-refractivity contribution is -0.136. The maximum Gasteiger partial charge on any atom is 0.263 e. The number of nitrogens with one attached hydrogen (secondary N) is 1. The van der Waals surface area contributed by atoms with Crippen LogP contribution in [-0.4, -0.2) is 54.5 Å². The monoisotopic (exact) mass is 527 g/mol. The molecule has 188 valence electrons. The third-order valence-electron chi connectivity index (χ3n) is 6.54. The van der Waals surface area contributed by atoms with E-state index in [2.05, 4.69) is 14.6 Å². The van der Waals surface area contributed by atoms with Crippen LogP contribution in [0.15, 0.2) is 71.2 Å². The lowest BCUT2D eigenvalue weighted by Gasteiger charge is -2.42. The molecule has 0 aliphatic carbocycles.